The van der Waals surface area contributed by atoms with Gasteiger partial charge in [0.1, 0.15) is 5.60 Å². The van der Waals surface area contributed by atoms with E-state index in [2.05, 4.69) is 16.5 Å². The number of carbonyl (C=O) groups is 1. The van der Waals surface area contributed by atoms with E-state index in [0.717, 1.165) is 16.3 Å². The van der Waals surface area contributed by atoms with Crippen LogP contribution in [0.5, 0.6) is 0 Å². The summed E-state index contributed by atoms with van der Waals surface area (Å²) in [6.45, 7) is 5.39. The van der Waals surface area contributed by atoms with E-state index in [1.165, 1.54) is 6.21 Å². The van der Waals surface area contributed by atoms with Crippen molar-refractivity contribution >= 4 is 23.1 Å². The highest BCUT2D eigenvalue weighted by atomic mass is 16.6. The molecular weight excluding hydrogens is 292 g/mol. The number of hydrogen-bond acceptors (Lipinski definition) is 4. The van der Waals surface area contributed by atoms with Gasteiger partial charge in [0, 0.05) is 0 Å². The fourth-order valence-corrected chi connectivity index (χ4v) is 2.30. The third-order valence-corrected chi connectivity index (χ3v) is 3.22. The van der Waals surface area contributed by atoms with Crippen molar-refractivity contribution in [2.45, 2.75) is 38.8 Å². The molecule has 0 aliphatic heterocycles. The van der Waals surface area contributed by atoms with Gasteiger partial charge >= 0.3 is 6.09 Å². The summed E-state index contributed by atoms with van der Waals surface area (Å²) in [5.41, 5.74) is 0.457. The number of nitrogens with zero attached hydrogens (tertiary/aromatic N) is 1. The topological polar surface area (TPSA) is 70.9 Å². The molecule has 1 amide bonds. The van der Waals surface area contributed by atoms with Crippen molar-refractivity contribution in [3.8, 4) is 0 Å². The monoisotopic (exact) mass is 314 g/mol. The third kappa shape index (κ3) is 5.29. The average Bonchev–Trinajstić information content (AvgIpc) is 2.45. The lowest BCUT2D eigenvalue weighted by atomic mass is 10.0. The molecule has 0 spiro atoms. The Morgan fingerprint density at radius 1 is 1.26 bits per heavy atom. The van der Waals surface area contributed by atoms with Crippen LogP contribution in [0, 0.1) is 0 Å². The lowest BCUT2D eigenvalue weighted by Gasteiger charge is -2.22. The molecule has 2 aromatic carbocycles. The second kappa shape index (κ2) is 7.13. The summed E-state index contributed by atoms with van der Waals surface area (Å²) in [6, 6.07) is 13.7. The summed E-state index contributed by atoms with van der Waals surface area (Å²) in [4.78, 5) is 11.9. The second-order valence-corrected chi connectivity index (χ2v) is 6.40. The van der Waals surface area contributed by atoms with Crippen LogP contribution in [0.25, 0.3) is 10.8 Å². The summed E-state index contributed by atoms with van der Waals surface area (Å²) < 4.78 is 5.23. The van der Waals surface area contributed by atoms with Crippen molar-refractivity contribution in [2.24, 2.45) is 5.16 Å². The van der Waals surface area contributed by atoms with Gasteiger partial charge < -0.3 is 15.3 Å². The Morgan fingerprint density at radius 2 is 1.96 bits per heavy atom. The largest absolute Gasteiger partial charge is 0.444 e. The van der Waals surface area contributed by atoms with Gasteiger partial charge in [0.2, 0.25) is 0 Å². The first-order valence-electron chi connectivity index (χ1n) is 7.52. The van der Waals surface area contributed by atoms with Crippen LogP contribution in [0.4, 0.5) is 4.79 Å². The summed E-state index contributed by atoms with van der Waals surface area (Å²) in [5.74, 6) is 0. The Kier molecular flexibility index (Phi) is 5.21. The highest BCUT2D eigenvalue weighted by Crippen LogP contribution is 2.16. The van der Waals surface area contributed by atoms with E-state index in [1.807, 2.05) is 36.4 Å². The lowest BCUT2D eigenvalue weighted by Crippen LogP contribution is -2.41. The maximum absolute atomic E-state index is 11.9. The highest BCUT2D eigenvalue weighted by molar-refractivity contribution is 5.83. The number of rotatable bonds is 4. The van der Waals surface area contributed by atoms with Crippen LogP contribution in [-0.2, 0) is 11.2 Å². The summed E-state index contributed by atoms with van der Waals surface area (Å²) >= 11 is 0. The molecule has 23 heavy (non-hydrogen) atoms. The average molecular weight is 314 g/mol. The van der Waals surface area contributed by atoms with E-state index in [4.69, 9.17) is 9.94 Å². The van der Waals surface area contributed by atoms with E-state index in [-0.39, 0.29) is 0 Å². The molecule has 0 saturated heterocycles. The zero-order chi connectivity index (χ0) is 16.9. The molecule has 5 nitrogen and oxygen atoms in total. The first-order chi connectivity index (χ1) is 10.9. The maximum atomic E-state index is 11.9. The Balaban J connectivity index is 2.10. The maximum Gasteiger partial charge on any atom is 0.408 e. The van der Waals surface area contributed by atoms with E-state index in [1.54, 1.807) is 20.8 Å². The number of fused-ring (bicyclic) bond motifs is 1. The normalized spacial score (nSPS) is 13.2. The Hall–Kier alpha value is -2.56. The summed E-state index contributed by atoms with van der Waals surface area (Å²) in [7, 11) is 0. The van der Waals surface area contributed by atoms with Gasteiger partial charge in [-0.3, -0.25) is 0 Å². The van der Waals surface area contributed by atoms with Crippen LogP contribution in [-0.4, -0.2) is 29.2 Å². The molecule has 2 N–H and O–H groups in total. The number of hydrogen-bond donors (Lipinski definition) is 2. The van der Waals surface area contributed by atoms with Crippen molar-refractivity contribution in [3.63, 3.8) is 0 Å². The Morgan fingerprint density at radius 3 is 2.61 bits per heavy atom. The minimum atomic E-state index is -0.575. The molecule has 0 radical (unpaired) electrons. The van der Waals surface area contributed by atoms with Crippen molar-refractivity contribution in [3.05, 3.63) is 48.0 Å². The third-order valence-electron chi connectivity index (χ3n) is 3.22. The van der Waals surface area contributed by atoms with Gasteiger partial charge in [-0.25, -0.2) is 4.79 Å². The predicted octanol–water partition coefficient (Wildman–Crippen LogP) is 3.74. The van der Waals surface area contributed by atoms with E-state index in [0.29, 0.717) is 6.42 Å². The lowest BCUT2D eigenvalue weighted by molar-refractivity contribution is 0.0518. The molecule has 5 heteroatoms. The molecule has 0 saturated carbocycles. The van der Waals surface area contributed by atoms with E-state index < -0.39 is 17.7 Å². The zero-order valence-corrected chi connectivity index (χ0v) is 13.6. The predicted molar refractivity (Wildman–Crippen MR) is 91.1 cm³/mol. The molecule has 0 aliphatic rings. The van der Waals surface area contributed by atoms with Crippen LogP contribution < -0.4 is 5.32 Å². The molecule has 2 rings (SSSR count). The molecule has 0 fully saturated rings. The van der Waals surface area contributed by atoms with Crippen molar-refractivity contribution in [1.29, 1.82) is 0 Å². The number of ether oxygens (including phenoxy) is 1. The molecule has 0 unspecified atom stereocenters. The molecule has 1 atom stereocenters. The molecule has 0 bridgehead atoms. The molecule has 0 aromatic heterocycles. The van der Waals surface area contributed by atoms with Crippen LogP contribution in [0.15, 0.2) is 47.6 Å². The van der Waals surface area contributed by atoms with Crippen LogP contribution in [0.2, 0.25) is 0 Å². The first-order valence-corrected chi connectivity index (χ1v) is 7.52. The fraction of sp³-hybridized carbons (Fsp3) is 0.333. The summed E-state index contributed by atoms with van der Waals surface area (Å²) in [6.07, 6.45) is 1.26. The smallest absolute Gasteiger partial charge is 0.408 e. The second-order valence-electron chi connectivity index (χ2n) is 6.40. The number of alkyl carbamates (subject to hydrolysis) is 1. The van der Waals surface area contributed by atoms with Gasteiger partial charge in [0.05, 0.1) is 12.3 Å². The standard InChI is InChI=1S/C18H22N2O3/c1-18(2,3)23-17(21)20-16(12-19-22)11-13-8-9-14-6-4-5-7-15(14)10-13/h4-10,12,16,22H,11H2,1-3H3,(H,20,21)/b19-12+/t16-/m0/s1. The molecule has 2 aromatic rings. The minimum absolute atomic E-state index is 0.448. The van der Waals surface area contributed by atoms with E-state index in [9.17, 15) is 4.79 Å². The van der Waals surface area contributed by atoms with Crippen LogP contribution in [0.1, 0.15) is 26.3 Å². The fourth-order valence-electron chi connectivity index (χ4n) is 2.30. The quantitative estimate of drug-likeness (QED) is 0.513. The van der Waals surface area contributed by atoms with Gasteiger partial charge in [-0.1, -0.05) is 47.6 Å². The minimum Gasteiger partial charge on any atom is -0.444 e. The molecule has 0 aliphatic carbocycles. The van der Waals surface area contributed by atoms with Gasteiger partial charge in [0.25, 0.3) is 0 Å². The van der Waals surface area contributed by atoms with Crippen molar-refractivity contribution < 1.29 is 14.7 Å². The number of amides is 1. The number of benzene rings is 2. The SMILES string of the molecule is CC(C)(C)OC(=O)N[C@H](/C=N/O)Cc1ccc2ccccc2c1. The Bertz CT molecular complexity index is 705. The summed E-state index contributed by atoms with van der Waals surface area (Å²) in [5, 5.41) is 16.8. The van der Waals surface area contributed by atoms with E-state index >= 15 is 0 Å². The van der Waals surface area contributed by atoms with Crippen LogP contribution in [0.3, 0.4) is 0 Å². The molecule has 122 valence electrons. The molecular formula is C18H22N2O3. The van der Waals surface area contributed by atoms with Gasteiger partial charge in [-0.2, -0.15) is 0 Å². The number of carbonyl (C=O) groups excluding carboxylic acids is 1. The number of nitrogens with one attached hydrogen (secondary N) is 1. The van der Waals surface area contributed by atoms with Crippen molar-refractivity contribution in [2.75, 3.05) is 0 Å². The number of oxime groups is 1. The zero-order valence-electron chi connectivity index (χ0n) is 13.6. The Labute approximate surface area is 136 Å². The highest BCUT2D eigenvalue weighted by Gasteiger charge is 2.19. The molecule has 0 heterocycles. The van der Waals surface area contributed by atoms with Gasteiger partial charge in [-0.05, 0) is 43.5 Å². The van der Waals surface area contributed by atoms with Gasteiger partial charge in [0.15, 0.2) is 0 Å². The van der Waals surface area contributed by atoms with Crippen molar-refractivity contribution in [1.82, 2.24) is 5.32 Å². The van der Waals surface area contributed by atoms with Gasteiger partial charge in [-0.15, -0.1) is 0 Å². The van der Waals surface area contributed by atoms with Crippen LogP contribution >= 0.6 is 0 Å². The first kappa shape index (κ1) is 16.8.